The maximum Gasteiger partial charge on any atom is 0.269 e. The van der Waals surface area contributed by atoms with Crippen LogP contribution < -0.4 is 5.32 Å². The smallest absolute Gasteiger partial charge is 0.269 e. The molecule has 1 aromatic rings. The lowest BCUT2D eigenvalue weighted by atomic mass is 10.1. The third-order valence-electron chi connectivity index (χ3n) is 1.92. The number of non-ortho nitro benzene ring substituents is 1. The number of benzene rings is 1. The van der Waals surface area contributed by atoms with Crippen molar-refractivity contribution in [2.24, 2.45) is 0 Å². The molecule has 0 aromatic heterocycles. The summed E-state index contributed by atoms with van der Waals surface area (Å²) < 4.78 is 5.10. The van der Waals surface area contributed by atoms with Crippen LogP contribution in [-0.2, 0) is 11.3 Å². The molecule has 0 saturated carbocycles. The van der Waals surface area contributed by atoms with Crippen LogP contribution in [0.2, 0.25) is 0 Å². The minimum absolute atomic E-state index is 0.103. The fourth-order valence-corrected chi connectivity index (χ4v) is 1.28. The molecule has 1 aliphatic rings. The van der Waals surface area contributed by atoms with E-state index in [2.05, 4.69) is 5.32 Å². The molecular weight excluding hydrogens is 172 g/mol. The predicted molar refractivity (Wildman–Crippen MR) is 46.4 cm³/mol. The van der Waals surface area contributed by atoms with Crippen LogP contribution in [0, 0.1) is 10.1 Å². The van der Waals surface area contributed by atoms with Crippen LogP contribution in [0.4, 0.5) is 11.4 Å². The van der Waals surface area contributed by atoms with Crippen molar-refractivity contribution < 1.29 is 9.66 Å². The van der Waals surface area contributed by atoms with Gasteiger partial charge in [-0.3, -0.25) is 10.1 Å². The largest absolute Gasteiger partial charge is 0.362 e. The maximum absolute atomic E-state index is 10.4. The number of ether oxygens (including phenoxy) is 1. The summed E-state index contributed by atoms with van der Waals surface area (Å²) in [6, 6.07) is 4.72. The van der Waals surface area contributed by atoms with E-state index in [9.17, 15) is 10.1 Å². The van der Waals surface area contributed by atoms with E-state index in [0.717, 1.165) is 11.3 Å². The second kappa shape index (κ2) is 3.02. The Balaban J connectivity index is 2.40. The van der Waals surface area contributed by atoms with Crippen molar-refractivity contribution in [3.05, 3.63) is 33.9 Å². The van der Waals surface area contributed by atoms with Crippen molar-refractivity contribution in [2.45, 2.75) is 6.61 Å². The average Bonchev–Trinajstić information content (AvgIpc) is 2.17. The molecule has 0 amide bonds. The molecule has 1 N–H and O–H groups in total. The first-order valence-corrected chi connectivity index (χ1v) is 3.86. The molecule has 0 aliphatic carbocycles. The predicted octanol–water partition coefficient (Wildman–Crippen LogP) is 1.49. The zero-order valence-corrected chi connectivity index (χ0v) is 6.82. The summed E-state index contributed by atoms with van der Waals surface area (Å²) in [6.45, 7) is 0.898. The minimum atomic E-state index is -0.408. The molecule has 0 saturated heterocycles. The van der Waals surface area contributed by atoms with Crippen molar-refractivity contribution in [1.29, 1.82) is 0 Å². The number of hydrogen-bond donors (Lipinski definition) is 1. The standard InChI is InChI=1S/C8H8N2O3/c11-10(12)7-1-2-8-6(3-7)4-13-5-9-8/h1-3,9H,4-5H2. The highest BCUT2D eigenvalue weighted by Crippen LogP contribution is 2.24. The summed E-state index contributed by atoms with van der Waals surface area (Å²) in [5, 5.41) is 13.4. The highest BCUT2D eigenvalue weighted by Gasteiger charge is 2.13. The van der Waals surface area contributed by atoms with Gasteiger partial charge in [-0.1, -0.05) is 0 Å². The first-order chi connectivity index (χ1) is 6.27. The van der Waals surface area contributed by atoms with E-state index in [1.807, 2.05) is 0 Å². The molecule has 0 spiro atoms. The Morgan fingerprint density at radius 1 is 1.54 bits per heavy atom. The molecule has 0 fully saturated rings. The molecular formula is C8H8N2O3. The van der Waals surface area contributed by atoms with Gasteiger partial charge < -0.3 is 10.1 Å². The van der Waals surface area contributed by atoms with Crippen molar-refractivity contribution in [3.63, 3.8) is 0 Å². The number of nitrogens with one attached hydrogen (secondary N) is 1. The lowest BCUT2D eigenvalue weighted by Gasteiger charge is -2.17. The van der Waals surface area contributed by atoms with Gasteiger partial charge in [-0.05, 0) is 6.07 Å². The fourth-order valence-electron chi connectivity index (χ4n) is 1.28. The van der Waals surface area contributed by atoms with Gasteiger partial charge in [0.1, 0.15) is 6.73 Å². The van der Waals surface area contributed by atoms with Crippen molar-refractivity contribution in [1.82, 2.24) is 0 Å². The topological polar surface area (TPSA) is 64.4 Å². The highest BCUT2D eigenvalue weighted by molar-refractivity contribution is 5.56. The SMILES string of the molecule is O=[N+]([O-])c1ccc2c(c1)COCN2. The Morgan fingerprint density at radius 2 is 2.38 bits per heavy atom. The summed E-state index contributed by atoms with van der Waals surface area (Å²) in [6.07, 6.45) is 0. The van der Waals surface area contributed by atoms with E-state index in [0.29, 0.717) is 13.3 Å². The van der Waals surface area contributed by atoms with Crippen LogP contribution in [0.15, 0.2) is 18.2 Å². The summed E-state index contributed by atoms with van der Waals surface area (Å²) in [4.78, 5) is 10.0. The highest BCUT2D eigenvalue weighted by atomic mass is 16.6. The van der Waals surface area contributed by atoms with E-state index in [1.165, 1.54) is 12.1 Å². The Hall–Kier alpha value is -1.62. The van der Waals surface area contributed by atoms with Gasteiger partial charge in [-0.25, -0.2) is 0 Å². The van der Waals surface area contributed by atoms with E-state index >= 15 is 0 Å². The normalized spacial score (nSPS) is 14.5. The third-order valence-corrected chi connectivity index (χ3v) is 1.92. The molecule has 2 rings (SSSR count). The minimum Gasteiger partial charge on any atom is -0.362 e. The molecule has 1 aromatic carbocycles. The molecule has 68 valence electrons. The molecule has 0 unspecified atom stereocenters. The van der Waals surface area contributed by atoms with Crippen LogP contribution in [0.25, 0.3) is 0 Å². The Morgan fingerprint density at radius 3 is 3.15 bits per heavy atom. The van der Waals surface area contributed by atoms with Crippen LogP contribution >= 0.6 is 0 Å². The average molecular weight is 180 g/mol. The Labute approximate surface area is 74.5 Å². The van der Waals surface area contributed by atoms with E-state index < -0.39 is 4.92 Å². The number of rotatable bonds is 1. The van der Waals surface area contributed by atoms with Crippen LogP contribution in [0.3, 0.4) is 0 Å². The number of anilines is 1. The molecule has 5 nitrogen and oxygen atoms in total. The molecule has 5 heteroatoms. The molecule has 0 bridgehead atoms. The maximum atomic E-state index is 10.4. The zero-order valence-electron chi connectivity index (χ0n) is 6.82. The quantitative estimate of drug-likeness (QED) is 0.525. The Kier molecular flexibility index (Phi) is 1.86. The van der Waals surface area contributed by atoms with Crippen LogP contribution in [-0.4, -0.2) is 11.7 Å². The van der Waals surface area contributed by atoms with Gasteiger partial charge in [0.05, 0.1) is 11.5 Å². The fraction of sp³-hybridized carbons (Fsp3) is 0.250. The van der Waals surface area contributed by atoms with E-state index in [-0.39, 0.29) is 5.69 Å². The van der Waals surface area contributed by atoms with Crippen molar-refractivity contribution >= 4 is 11.4 Å². The summed E-state index contributed by atoms with van der Waals surface area (Å²) in [5.41, 5.74) is 1.85. The molecule has 0 radical (unpaired) electrons. The third kappa shape index (κ3) is 1.46. The van der Waals surface area contributed by atoms with Gasteiger partial charge >= 0.3 is 0 Å². The van der Waals surface area contributed by atoms with Crippen LogP contribution in [0.5, 0.6) is 0 Å². The summed E-state index contributed by atoms with van der Waals surface area (Å²) in [5.74, 6) is 0. The lowest BCUT2D eigenvalue weighted by molar-refractivity contribution is -0.384. The van der Waals surface area contributed by atoms with Crippen molar-refractivity contribution in [2.75, 3.05) is 12.0 Å². The first-order valence-electron chi connectivity index (χ1n) is 3.86. The number of hydrogen-bond acceptors (Lipinski definition) is 4. The monoisotopic (exact) mass is 180 g/mol. The number of fused-ring (bicyclic) bond motifs is 1. The van der Waals surface area contributed by atoms with Gasteiger partial charge in [-0.15, -0.1) is 0 Å². The number of nitrogens with zero attached hydrogens (tertiary/aromatic N) is 1. The number of nitro benzene ring substituents is 1. The van der Waals surface area contributed by atoms with E-state index in [1.54, 1.807) is 6.07 Å². The Bertz CT molecular complexity index is 351. The number of nitro groups is 1. The molecule has 1 heterocycles. The summed E-state index contributed by atoms with van der Waals surface area (Å²) in [7, 11) is 0. The zero-order chi connectivity index (χ0) is 9.26. The van der Waals surface area contributed by atoms with E-state index in [4.69, 9.17) is 4.74 Å². The van der Waals surface area contributed by atoms with Gasteiger partial charge in [0, 0.05) is 23.4 Å². The van der Waals surface area contributed by atoms with Gasteiger partial charge in [0.25, 0.3) is 5.69 Å². The molecule has 13 heavy (non-hydrogen) atoms. The lowest BCUT2D eigenvalue weighted by Crippen LogP contribution is -2.14. The van der Waals surface area contributed by atoms with Crippen molar-refractivity contribution in [3.8, 4) is 0 Å². The summed E-state index contributed by atoms with van der Waals surface area (Å²) >= 11 is 0. The second-order valence-corrected chi connectivity index (χ2v) is 2.77. The van der Waals surface area contributed by atoms with Gasteiger partial charge in [-0.2, -0.15) is 0 Å². The first kappa shape index (κ1) is 8.00. The van der Waals surface area contributed by atoms with Crippen LogP contribution in [0.1, 0.15) is 5.56 Å². The van der Waals surface area contributed by atoms with Gasteiger partial charge in [0.15, 0.2) is 0 Å². The molecule has 1 aliphatic heterocycles. The van der Waals surface area contributed by atoms with Gasteiger partial charge in [0.2, 0.25) is 0 Å². The second-order valence-electron chi connectivity index (χ2n) is 2.77. The molecule has 0 atom stereocenters.